The van der Waals surface area contributed by atoms with E-state index in [2.05, 4.69) is 41.9 Å². The minimum atomic E-state index is 0.806. The second-order valence-electron chi connectivity index (χ2n) is 5.04. The molecule has 2 aromatic rings. The van der Waals surface area contributed by atoms with Crippen LogP contribution in [0.15, 0.2) is 29.6 Å². The van der Waals surface area contributed by atoms with Crippen molar-refractivity contribution in [2.45, 2.75) is 26.7 Å². The van der Waals surface area contributed by atoms with Gasteiger partial charge in [-0.05, 0) is 26.8 Å². The van der Waals surface area contributed by atoms with Gasteiger partial charge >= 0.3 is 0 Å². The van der Waals surface area contributed by atoms with Crippen molar-refractivity contribution in [3.05, 3.63) is 40.2 Å². The summed E-state index contributed by atoms with van der Waals surface area (Å²) in [6.45, 7) is 7.78. The Bertz CT molecular complexity index is 522. The van der Waals surface area contributed by atoms with E-state index < -0.39 is 0 Å². The van der Waals surface area contributed by atoms with Gasteiger partial charge in [0.05, 0.1) is 10.7 Å². The maximum Gasteiger partial charge on any atom is 0.0945 e. The van der Waals surface area contributed by atoms with Crippen LogP contribution in [0, 0.1) is 6.92 Å². The lowest BCUT2D eigenvalue weighted by Gasteiger charge is -2.03. The first-order valence-electron chi connectivity index (χ1n) is 7.59. The number of nitrogens with one attached hydrogen (secondary N) is 1. The highest BCUT2D eigenvalue weighted by Gasteiger charge is 2.04. The Balaban J connectivity index is 1.72. The Morgan fingerprint density at radius 1 is 1.19 bits per heavy atom. The largest absolute Gasteiger partial charge is 0.382 e. The zero-order valence-electron chi connectivity index (χ0n) is 12.9. The van der Waals surface area contributed by atoms with Crippen LogP contribution in [0.25, 0.3) is 11.3 Å². The van der Waals surface area contributed by atoms with Crippen LogP contribution < -0.4 is 5.32 Å². The molecule has 0 unspecified atom stereocenters. The van der Waals surface area contributed by atoms with Crippen LogP contribution >= 0.6 is 11.3 Å². The van der Waals surface area contributed by atoms with E-state index in [-0.39, 0.29) is 0 Å². The Kier molecular flexibility index (Phi) is 6.86. The molecule has 0 aliphatic heterocycles. The van der Waals surface area contributed by atoms with E-state index in [1.807, 2.05) is 6.92 Å². The quantitative estimate of drug-likeness (QED) is 0.718. The van der Waals surface area contributed by atoms with Gasteiger partial charge in [-0.15, -0.1) is 11.3 Å². The van der Waals surface area contributed by atoms with E-state index >= 15 is 0 Å². The predicted molar refractivity (Wildman–Crippen MR) is 90.0 cm³/mol. The van der Waals surface area contributed by atoms with E-state index in [4.69, 9.17) is 9.72 Å². The molecule has 0 amide bonds. The molecule has 0 fully saturated rings. The minimum absolute atomic E-state index is 0.806. The number of hydrogen-bond donors (Lipinski definition) is 1. The Morgan fingerprint density at radius 2 is 2.00 bits per heavy atom. The molecule has 0 atom stereocenters. The molecule has 1 aromatic heterocycles. The fraction of sp³-hybridized carbons (Fsp3) is 0.471. The van der Waals surface area contributed by atoms with E-state index in [1.54, 1.807) is 11.3 Å². The molecule has 1 aromatic carbocycles. The molecule has 0 saturated heterocycles. The average molecular weight is 304 g/mol. The van der Waals surface area contributed by atoms with Gasteiger partial charge in [-0.2, -0.15) is 0 Å². The van der Waals surface area contributed by atoms with Crippen molar-refractivity contribution in [3.8, 4) is 11.3 Å². The summed E-state index contributed by atoms with van der Waals surface area (Å²) in [5.74, 6) is 0. The van der Waals surface area contributed by atoms with Crippen molar-refractivity contribution < 1.29 is 4.74 Å². The highest BCUT2D eigenvalue weighted by molar-refractivity contribution is 7.09. The summed E-state index contributed by atoms with van der Waals surface area (Å²) in [6, 6.07) is 8.54. The summed E-state index contributed by atoms with van der Waals surface area (Å²) in [5, 5.41) is 6.78. The second-order valence-corrected chi connectivity index (χ2v) is 5.99. The summed E-state index contributed by atoms with van der Waals surface area (Å²) in [5.41, 5.74) is 3.57. The number of nitrogens with zero attached hydrogens (tertiary/aromatic N) is 1. The molecule has 4 heteroatoms. The first-order valence-corrected chi connectivity index (χ1v) is 8.47. The third-order valence-corrected chi connectivity index (χ3v) is 4.17. The molecule has 0 spiro atoms. The average Bonchev–Trinajstić information content (AvgIpc) is 2.96. The van der Waals surface area contributed by atoms with Crippen molar-refractivity contribution in [2.24, 2.45) is 0 Å². The molecule has 21 heavy (non-hydrogen) atoms. The Morgan fingerprint density at radius 3 is 2.76 bits per heavy atom. The molecule has 1 N–H and O–H groups in total. The lowest BCUT2D eigenvalue weighted by molar-refractivity contribution is 0.145. The van der Waals surface area contributed by atoms with Crippen LogP contribution in [0.5, 0.6) is 0 Å². The molecule has 3 nitrogen and oxygen atoms in total. The molecule has 0 saturated carbocycles. The third-order valence-electron chi connectivity index (χ3n) is 3.26. The number of aryl methyl sites for hydroxylation is 1. The van der Waals surface area contributed by atoms with Crippen LogP contribution in [-0.4, -0.2) is 31.3 Å². The van der Waals surface area contributed by atoms with Crippen molar-refractivity contribution in [3.63, 3.8) is 0 Å². The molecule has 0 aliphatic carbocycles. The standard InChI is InChI=1S/C17H24N2OS/c1-3-20-12-4-10-18-11-9-17-19-16(13-21-17)15-7-5-14(2)6-8-15/h5-8,13,18H,3-4,9-12H2,1-2H3. The van der Waals surface area contributed by atoms with E-state index in [1.165, 1.54) is 16.1 Å². The van der Waals surface area contributed by atoms with Gasteiger partial charge in [0, 0.05) is 37.1 Å². The number of thiazole rings is 1. The summed E-state index contributed by atoms with van der Waals surface area (Å²) < 4.78 is 5.31. The van der Waals surface area contributed by atoms with Gasteiger partial charge < -0.3 is 10.1 Å². The lowest BCUT2D eigenvalue weighted by atomic mass is 10.1. The molecule has 0 aliphatic rings. The highest BCUT2D eigenvalue weighted by Crippen LogP contribution is 2.22. The zero-order chi connectivity index (χ0) is 14.9. The van der Waals surface area contributed by atoms with Gasteiger partial charge in [-0.1, -0.05) is 29.8 Å². The fourth-order valence-corrected chi connectivity index (χ4v) is 2.85. The van der Waals surface area contributed by atoms with Crippen LogP contribution in [0.4, 0.5) is 0 Å². The summed E-state index contributed by atoms with van der Waals surface area (Å²) in [7, 11) is 0. The van der Waals surface area contributed by atoms with Crippen LogP contribution in [0.2, 0.25) is 0 Å². The molecule has 2 rings (SSSR count). The van der Waals surface area contributed by atoms with E-state index in [0.717, 1.165) is 44.8 Å². The lowest BCUT2D eigenvalue weighted by Crippen LogP contribution is -2.19. The second kappa shape index (κ2) is 8.93. The zero-order valence-corrected chi connectivity index (χ0v) is 13.7. The Hall–Kier alpha value is -1.23. The normalized spacial score (nSPS) is 11.0. The topological polar surface area (TPSA) is 34.1 Å². The highest BCUT2D eigenvalue weighted by atomic mass is 32.1. The predicted octanol–water partition coefficient (Wildman–Crippen LogP) is 3.68. The molecular weight excluding hydrogens is 280 g/mol. The van der Waals surface area contributed by atoms with Gasteiger partial charge in [0.25, 0.3) is 0 Å². The maximum atomic E-state index is 5.31. The first-order chi connectivity index (χ1) is 10.3. The van der Waals surface area contributed by atoms with Crippen molar-refractivity contribution >= 4 is 11.3 Å². The van der Waals surface area contributed by atoms with Gasteiger partial charge in [-0.25, -0.2) is 4.98 Å². The number of aromatic nitrogens is 1. The van der Waals surface area contributed by atoms with Crippen LogP contribution in [0.1, 0.15) is 23.9 Å². The molecular formula is C17H24N2OS. The van der Waals surface area contributed by atoms with E-state index in [9.17, 15) is 0 Å². The van der Waals surface area contributed by atoms with Crippen LogP contribution in [0.3, 0.4) is 0 Å². The molecule has 0 radical (unpaired) electrons. The Labute approximate surface area is 131 Å². The number of rotatable bonds is 9. The summed E-state index contributed by atoms with van der Waals surface area (Å²) in [4.78, 5) is 4.71. The van der Waals surface area contributed by atoms with E-state index in [0.29, 0.717) is 0 Å². The number of hydrogen-bond acceptors (Lipinski definition) is 4. The molecule has 1 heterocycles. The minimum Gasteiger partial charge on any atom is -0.382 e. The number of ether oxygens (including phenoxy) is 1. The fourth-order valence-electron chi connectivity index (χ4n) is 2.05. The monoisotopic (exact) mass is 304 g/mol. The number of benzene rings is 1. The van der Waals surface area contributed by atoms with Gasteiger partial charge in [0.2, 0.25) is 0 Å². The third kappa shape index (κ3) is 5.58. The van der Waals surface area contributed by atoms with Crippen molar-refractivity contribution in [1.82, 2.24) is 10.3 Å². The van der Waals surface area contributed by atoms with Crippen molar-refractivity contribution in [1.29, 1.82) is 0 Å². The molecule has 0 bridgehead atoms. The smallest absolute Gasteiger partial charge is 0.0945 e. The van der Waals surface area contributed by atoms with Crippen molar-refractivity contribution in [2.75, 3.05) is 26.3 Å². The summed E-state index contributed by atoms with van der Waals surface area (Å²) in [6.07, 6.45) is 2.06. The SMILES string of the molecule is CCOCCCNCCc1nc(-c2ccc(C)cc2)cs1. The van der Waals surface area contributed by atoms with Gasteiger partial charge in [0.15, 0.2) is 0 Å². The first kappa shape index (κ1) is 16.1. The maximum absolute atomic E-state index is 5.31. The van der Waals surface area contributed by atoms with Gasteiger partial charge in [-0.3, -0.25) is 0 Å². The van der Waals surface area contributed by atoms with Crippen LogP contribution in [-0.2, 0) is 11.2 Å². The van der Waals surface area contributed by atoms with Gasteiger partial charge in [0.1, 0.15) is 0 Å². The molecule has 114 valence electrons. The summed E-state index contributed by atoms with van der Waals surface area (Å²) >= 11 is 1.74.